The minimum atomic E-state index is 0.139. The molecule has 0 aromatic rings. The molecule has 1 amide bonds. The Bertz CT molecular complexity index is 280. The van der Waals surface area contributed by atoms with E-state index in [0.29, 0.717) is 6.04 Å². The predicted octanol–water partition coefficient (Wildman–Crippen LogP) is 0.718. The number of ether oxygens (including phenoxy) is 1. The van der Waals surface area contributed by atoms with Crippen molar-refractivity contribution >= 4 is 5.91 Å². The topological polar surface area (TPSA) is 32.8 Å². The molecule has 2 aliphatic heterocycles. The SMILES string of the molecule is COCC(=O)N1CCC12CCN(C(C)C)C2. The van der Waals surface area contributed by atoms with E-state index in [9.17, 15) is 4.79 Å². The van der Waals surface area contributed by atoms with E-state index in [1.807, 2.05) is 4.90 Å². The summed E-state index contributed by atoms with van der Waals surface area (Å²) in [6.07, 6.45) is 2.28. The van der Waals surface area contributed by atoms with Crippen LogP contribution < -0.4 is 0 Å². The van der Waals surface area contributed by atoms with Crippen molar-refractivity contribution < 1.29 is 9.53 Å². The molecular weight excluding hydrogens is 204 g/mol. The fourth-order valence-corrected chi connectivity index (χ4v) is 2.88. The van der Waals surface area contributed by atoms with Gasteiger partial charge in [-0.3, -0.25) is 9.69 Å². The zero-order valence-electron chi connectivity index (χ0n) is 10.5. The zero-order valence-corrected chi connectivity index (χ0v) is 10.5. The number of methoxy groups -OCH3 is 1. The number of likely N-dealkylation sites (tertiary alicyclic amines) is 2. The minimum Gasteiger partial charge on any atom is -0.375 e. The van der Waals surface area contributed by atoms with Crippen LogP contribution in [0.25, 0.3) is 0 Å². The highest BCUT2D eigenvalue weighted by atomic mass is 16.5. The molecule has 2 fully saturated rings. The number of nitrogens with zero attached hydrogens (tertiary/aromatic N) is 2. The molecular formula is C12H22N2O2. The van der Waals surface area contributed by atoms with Gasteiger partial charge in [0.1, 0.15) is 6.61 Å². The van der Waals surface area contributed by atoms with Gasteiger partial charge in [-0.05, 0) is 26.7 Å². The molecule has 1 unspecified atom stereocenters. The molecule has 2 heterocycles. The minimum absolute atomic E-state index is 0.139. The Morgan fingerprint density at radius 1 is 1.38 bits per heavy atom. The third-order valence-electron chi connectivity index (χ3n) is 4.03. The summed E-state index contributed by atoms with van der Waals surface area (Å²) < 4.78 is 4.93. The second kappa shape index (κ2) is 4.34. The van der Waals surface area contributed by atoms with Crippen molar-refractivity contribution in [2.24, 2.45) is 0 Å². The van der Waals surface area contributed by atoms with Crippen LogP contribution in [0.5, 0.6) is 0 Å². The summed E-state index contributed by atoms with van der Waals surface area (Å²) in [7, 11) is 1.58. The molecule has 16 heavy (non-hydrogen) atoms. The van der Waals surface area contributed by atoms with E-state index in [2.05, 4.69) is 18.7 Å². The van der Waals surface area contributed by atoms with Crippen molar-refractivity contribution in [3.8, 4) is 0 Å². The van der Waals surface area contributed by atoms with Gasteiger partial charge in [-0.2, -0.15) is 0 Å². The van der Waals surface area contributed by atoms with Crippen molar-refractivity contribution in [2.45, 2.75) is 38.3 Å². The molecule has 1 atom stereocenters. The van der Waals surface area contributed by atoms with Crippen molar-refractivity contribution in [3.05, 3.63) is 0 Å². The Morgan fingerprint density at radius 3 is 2.50 bits per heavy atom. The summed E-state index contributed by atoms with van der Waals surface area (Å²) in [6, 6.07) is 0.583. The molecule has 2 aliphatic rings. The van der Waals surface area contributed by atoms with Crippen molar-refractivity contribution in [1.29, 1.82) is 0 Å². The fraction of sp³-hybridized carbons (Fsp3) is 0.917. The van der Waals surface area contributed by atoms with Crippen molar-refractivity contribution in [1.82, 2.24) is 9.80 Å². The van der Waals surface area contributed by atoms with E-state index in [1.54, 1.807) is 7.11 Å². The number of rotatable bonds is 3. The van der Waals surface area contributed by atoms with E-state index in [0.717, 1.165) is 32.5 Å². The van der Waals surface area contributed by atoms with Crippen LogP contribution in [0.1, 0.15) is 26.7 Å². The Morgan fingerprint density at radius 2 is 2.06 bits per heavy atom. The van der Waals surface area contributed by atoms with Gasteiger partial charge in [-0.1, -0.05) is 0 Å². The molecule has 2 rings (SSSR count). The van der Waals surface area contributed by atoms with Crippen LogP contribution in [-0.2, 0) is 9.53 Å². The zero-order chi connectivity index (χ0) is 11.8. The smallest absolute Gasteiger partial charge is 0.249 e. The molecule has 0 radical (unpaired) electrons. The highest BCUT2D eigenvalue weighted by Crippen LogP contribution is 2.39. The largest absolute Gasteiger partial charge is 0.375 e. The highest BCUT2D eigenvalue weighted by Gasteiger charge is 2.51. The quantitative estimate of drug-likeness (QED) is 0.711. The lowest BCUT2D eigenvalue weighted by molar-refractivity contribution is -0.150. The van der Waals surface area contributed by atoms with Gasteiger partial charge in [0.2, 0.25) is 5.91 Å². The summed E-state index contributed by atoms with van der Waals surface area (Å²) in [5.74, 6) is 0.152. The van der Waals surface area contributed by atoms with Gasteiger partial charge >= 0.3 is 0 Å². The van der Waals surface area contributed by atoms with Gasteiger partial charge in [0, 0.05) is 32.8 Å². The molecule has 92 valence electrons. The van der Waals surface area contributed by atoms with Gasteiger partial charge in [-0.15, -0.1) is 0 Å². The second-order valence-corrected chi connectivity index (χ2v) is 5.27. The van der Waals surface area contributed by atoms with Gasteiger partial charge < -0.3 is 9.64 Å². The monoisotopic (exact) mass is 226 g/mol. The van der Waals surface area contributed by atoms with E-state index in [4.69, 9.17) is 4.74 Å². The van der Waals surface area contributed by atoms with Crippen LogP contribution in [0.15, 0.2) is 0 Å². The van der Waals surface area contributed by atoms with E-state index in [1.165, 1.54) is 0 Å². The molecule has 0 bridgehead atoms. The fourth-order valence-electron chi connectivity index (χ4n) is 2.88. The Balaban J connectivity index is 1.97. The molecule has 0 aliphatic carbocycles. The summed E-state index contributed by atoms with van der Waals surface area (Å²) >= 11 is 0. The lowest BCUT2D eigenvalue weighted by Crippen LogP contribution is -2.64. The predicted molar refractivity (Wildman–Crippen MR) is 62.3 cm³/mol. The standard InChI is InChI=1S/C12H22N2O2/c1-10(2)13-6-4-12(9-13)5-7-14(12)11(15)8-16-3/h10H,4-9H2,1-3H3. The Kier molecular flexibility index (Phi) is 3.22. The lowest BCUT2D eigenvalue weighted by atomic mass is 9.83. The third kappa shape index (κ3) is 1.84. The number of hydrogen-bond acceptors (Lipinski definition) is 3. The van der Waals surface area contributed by atoms with Crippen LogP contribution in [0.3, 0.4) is 0 Å². The van der Waals surface area contributed by atoms with Crippen molar-refractivity contribution in [2.75, 3.05) is 33.4 Å². The summed E-state index contributed by atoms with van der Waals surface area (Å²) in [5, 5.41) is 0. The Hall–Kier alpha value is -0.610. The molecule has 0 N–H and O–H groups in total. The molecule has 1 spiro atoms. The maximum atomic E-state index is 11.8. The van der Waals surface area contributed by atoms with Crippen LogP contribution in [0.4, 0.5) is 0 Å². The van der Waals surface area contributed by atoms with Gasteiger partial charge in [0.15, 0.2) is 0 Å². The number of hydrogen-bond donors (Lipinski definition) is 0. The van der Waals surface area contributed by atoms with Crippen molar-refractivity contribution in [3.63, 3.8) is 0 Å². The van der Waals surface area contributed by atoms with Gasteiger partial charge in [0.25, 0.3) is 0 Å². The Labute approximate surface area is 97.5 Å². The van der Waals surface area contributed by atoms with Gasteiger partial charge in [0.05, 0.1) is 5.54 Å². The lowest BCUT2D eigenvalue weighted by Gasteiger charge is -2.51. The molecule has 0 aromatic carbocycles. The number of carbonyl (C=O) groups is 1. The first-order valence-corrected chi connectivity index (χ1v) is 6.12. The summed E-state index contributed by atoms with van der Waals surface area (Å²) in [5.41, 5.74) is 0.139. The third-order valence-corrected chi connectivity index (χ3v) is 4.03. The summed E-state index contributed by atoms with van der Waals surface area (Å²) in [6.45, 7) is 7.74. The van der Waals surface area contributed by atoms with Crippen LogP contribution in [0, 0.1) is 0 Å². The maximum absolute atomic E-state index is 11.8. The van der Waals surface area contributed by atoms with Crippen LogP contribution >= 0.6 is 0 Å². The number of amides is 1. The second-order valence-electron chi connectivity index (χ2n) is 5.27. The average Bonchev–Trinajstić information content (AvgIpc) is 2.63. The molecule has 4 nitrogen and oxygen atoms in total. The molecule has 0 aromatic heterocycles. The van der Waals surface area contributed by atoms with Gasteiger partial charge in [-0.25, -0.2) is 0 Å². The average molecular weight is 226 g/mol. The summed E-state index contributed by atoms with van der Waals surface area (Å²) in [4.78, 5) is 16.3. The number of carbonyl (C=O) groups excluding carboxylic acids is 1. The maximum Gasteiger partial charge on any atom is 0.249 e. The van der Waals surface area contributed by atoms with E-state index >= 15 is 0 Å². The highest BCUT2D eigenvalue weighted by molar-refractivity contribution is 5.79. The first-order chi connectivity index (χ1) is 7.59. The van der Waals surface area contributed by atoms with E-state index < -0.39 is 0 Å². The van der Waals surface area contributed by atoms with Crippen LogP contribution in [0.2, 0.25) is 0 Å². The van der Waals surface area contributed by atoms with E-state index in [-0.39, 0.29) is 18.1 Å². The first kappa shape index (κ1) is 11.9. The molecule has 4 heteroatoms. The molecule has 0 saturated carbocycles. The first-order valence-electron chi connectivity index (χ1n) is 6.12. The normalized spacial score (nSPS) is 30.1. The molecule has 2 saturated heterocycles. The van der Waals surface area contributed by atoms with Crippen LogP contribution in [-0.4, -0.2) is 60.6 Å².